The van der Waals surface area contributed by atoms with Gasteiger partial charge in [-0.3, -0.25) is 20.0 Å². The minimum Gasteiger partial charge on any atom is -0.482 e. The molecule has 0 fully saturated rings. The Kier molecular flexibility index (Phi) is 4.77. The summed E-state index contributed by atoms with van der Waals surface area (Å²) >= 11 is 0. The Hall–Kier alpha value is -3.68. The number of ether oxygens (including phenoxy) is 2. The third kappa shape index (κ3) is 3.01. The molecule has 0 aliphatic carbocycles. The molecule has 30 heavy (non-hydrogen) atoms. The lowest BCUT2D eigenvalue weighted by atomic mass is 9.85. The van der Waals surface area contributed by atoms with Crippen molar-refractivity contribution >= 4 is 22.7 Å². The number of benzene rings is 2. The van der Waals surface area contributed by atoms with Crippen LogP contribution >= 0.6 is 0 Å². The van der Waals surface area contributed by atoms with E-state index in [-0.39, 0.29) is 18.2 Å². The molecule has 1 aliphatic heterocycles. The predicted molar refractivity (Wildman–Crippen MR) is 107 cm³/mol. The van der Waals surface area contributed by atoms with Crippen molar-refractivity contribution in [1.29, 1.82) is 5.26 Å². The Morgan fingerprint density at radius 1 is 1.43 bits per heavy atom. The van der Waals surface area contributed by atoms with Gasteiger partial charge in [0.25, 0.3) is 5.69 Å². The summed E-state index contributed by atoms with van der Waals surface area (Å²) in [7, 11) is 1.50. The number of imidazole rings is 1. The van der Waals surface area contributed by atoms with Gasteiger partial charge in [-0.05, 0) is 25.1 Å². The molecule has 0 spiro atoms. The summed E-state index contributed by atoms with van der Waals surface area (Å²) in [6, 6.07) is 10.6. The number of nitrogens with one attached hydrogen (secondary N) is 1. The van der Waals surface area contributed by atoms with Crippen molar-refractivity contribution in [3.63, 3.8) is 0 Å². The number of hydrogen-bond donors (Lipinski definition) is 2. The Bertz CT molecular complexity index is 1170. The zero-order valence-corrected chi connectivity index (χ0v) is 16.3. The van der Waals surface area contributed by atoms with Gasteiger partial charge >= 0.3 is 0 Å². The predicted octanol–water partition coefficient (Wildman–Crippen LogP) is 2.59. The van der Waals surface area contributed by atoms with Gasteiger partial charge in [-0.2, -0.15) is 5.26 Å². The highest BCUT2D eigenvalue weighted by Gasteiger charge is 2.48. The number of nitrogens with zero attached hydrogens (tertiary/aromatic N) is 4. The second-order valence-corrected chi connectivity index (χ2v) is 7.25. The fourth-order valence-electron chi connectivity index (χ4n) is 3.94. The Labute approximate surface area is 171 Å². The van der Waals surface area contributed by atoms with Crippen molar-refractivity contribution < 1.29 is 19.5 Å². The zero-order chi connectivity index (χ0) is 21.5. The number of aromatic nitrogens is 2. The summed E-state index contributed by atoms with van der Waals surface area (Å²) in [5, 5.41) is 34.5. The molecular formula is C20H19N5O5. The summed E-state index contributed by atoms with van der Waals surface area (Å²) in [6.07, 6.45) is 0.696. The van der Waals surface area contributed by atoms with Crippen molar-refractivity contribution in [2.24, 2.45) is 0 Å². The van der Waals surface area contributed by atoms with Gasteiger partial charge in [0.15, 0.2) is 11.8 Å². The van der Waals surface area contributed by atoms with E-state index >= 15 is 0 Å². The Balaban J connectivity index is 2.02. The van der Waals surface area contributed by atoms with Gasteiger partial charge in [-0.15, -0.1) is 0 Å². The van der Waals surface area contributed by atoms with E-state index in [0.29, 0.717) is 22.3 Å². The van der Waals surface area contributed by atoms with Gasteiger partial charge in [0, 0.05) is 24.8 Å². The van der Waals surface area contributed by atoms with Gasteiger partial charge in [0.2, 0.25) is 5.95 Å². The maximum atomic E-state index is 11.4. The highest BCUT2D eigenvalue weighted by atomic mass is 16.6. The van der Waals surface area contributed by atoms with Crippen LogP contribution in [0.15, 0.2) is 42.5 Å². The quantitative estimate of drug-likeness (QED) is 0.284. The molecule has 10 heteroatoms. The number of non-ortho nitro benzene ring substituents is 1. The fourth-order valence-corrected chi connectivity index (χ4v) is 3.94. The van der Waals surface area contributed by atoms with Crippen LogP contribution in [0.1, 0.15) is 18.5 Å². The van der Waals surface area contributed by atoms with Crippen molar-refractivity contribution in [2.75, 3.05) is 19.0 Å². The van der Waals surface area contributed by atoms with Crippen LogP contribution in [0.2, 0.25) is 0 Å². The maximum Gasteiger partial charge on any atom is 0.270 e. The molecule has 3 aromatic rings. The third-order valence-electron chi connectivity index (χ3n) is 5.26. The van der Waals surface area contributed by atoms with Gasteiger partial charge < -0.3 is 14.6 Å². The molecule has 0 amide bonds. The number of fused-ring (bicyclic) bond motifs is 2. The van der Waals surface area contributed by atoms with E-state index in [4.69, 9.17) is 9.47 Å². The smallest absolute Gasteiger partial charge is 0.270 e. The zero-order valence-electron chi connectivity index (χ0n) is 16.3. The van der Waals surface area contributed by atoms with Crippen LogP contribution in [0.25, 0.3) is 11.0 Å². The number of nitriles is 1. The standard InChI is InChI=1S/C20H19N5O5/c1-20(10-29-2)18(26)17(13-9-12(25(27)28)7-8-16(13)30-20)24-15-6-4-3-5-14(15)23-19(24)22-11-21/h3-9,17-18,26H,10H2,1-2H3,(H,22,23)/t17-,18+,20+/m0/s1. The van der Waals surface area contributed by atoms with Crippen LogP contribution in [-0.2, 0) is 4.74 Å². The highest BCUT2D eigenvalue weighted by Crippen LogP contribution is 2.45. The number of nitro benzene ring substituents is 1. The van der Waals surface area contributed by atoms with E-state index in [0.717, 1.165) is 0 Å². The van der Waals surface area contributed by atoms with Crippen LogP contribution in [0.4, 0.5) is 11.6 Å². The number of aliphatic hydroxyl groups is 1. The monoisotopic (exact) mass is 409 g/mol. The molecule has 2 heterocycles. The van der Waals surface area contributed by atoms with E-state index in [2.05, 4.69) is 10.3 Å². The summed E-state index contributed by atoms with van der Waals surface area (Å²) < 4.78 is 13.0. The van der Waals surface area contributed by atoms with Gasteiger partial charge in [-0.25, -0.2) is 4.98 Å². The highest BCUT2D eigenvalue weighted by molar-refractivity contribution is 5.79. The molecular weight excluding hydrogens is 390 g/mol. The molecule has 10 nitrogen and oxygen atoms in total. The molecule has 3 atom stereocenters. The molecule has 0 radical (unpaired) electrons. The molecule has 0 unspecified atom stereocenters. The summed E-state index contributed by atoms with van der Waals surface area (Å²) in [4.78, 5) is 15.3. The van der Waals surface area contributed by atoms with Gasteiger partial charge in [0.1, 0.15) is 11.9 Å². The number of rotatable bonds is 5. The van der Waals surface area contributed by atoms with Crippen LogP contribution in [0, 0.1) is 21.6 Å². The van der Waals surface area contributed by atoms with E-state index in [9.17, 15) is 20.5 Å². The van der Waals surface area contributed by atoms with Gasteiger partial charge in [0.05, 0.1) is 28.6 Å². The minimum atomic E-state index is -1.16. The van der Waals surface area contributed by atoms with Crippen molar-refractivity contribution in [3.8, 4) is 11.9 Å². The summed E-state index contributed by atoms with van der Waals surface area (Å²) in [6.45, 7) is 1.78. The molecule has 2 N–H and O–H groups in total. The first-order valence-electron chi connectivity index (χ1n) is 9.16. The van der Waals surface area contributed by atoms with Gasteiger partial charge in [-0.1, -0.05) is 12.1 Å². The van der Waals surface area contributed by atoms with Crippen LogP contribution < -0.4 is 10.1 Å². The van der Waals surface area contributed by atoms with Crippen LogP contribution in [-0.4, -0.2) is 45.0 Å². The second kappa shape index (κ2) is 7.29. The van der Waals surface area contributed by atoms with Crippen molar-refractivity contribution in [2.45, 2.75) is 24.7 Å². The number of para-hydroxylation sites is 2. The van der Waals surface area contributed by atoms with E-state index in [1.165, 1.54) is 25.3 Å². The number of anilines is 1. The first-order chi connectivity index (χ1) is 14.4. The topological polar surface area (TPSA) is 135 Å². The minimum absolute atomic E-state index is 0.0781. The Morgan fingerprint density at radius 2 is 2.20 bits per heavy atom. The molecule has 154 valence electrons. The Morgan fingerprint density at radius 3 is 2.90 bits per heavy atom. The van der Waals surface area contributed by atoms with E-state index in [1.54, 1.807) is 23.6 Å². The lowest BCUT2D eigenvalue weighted by molar-refractivity contribution is -0.385. The molecule has 0 bridgehead atoms. The first-order valence-corrected chi connectivity index (χ1v) is 9.16. The third-order valence-corrected chi connectivity index (χ3v) is 5.26. The number of aliphatic hydroxyl groups excluding tert-OH is 1. The summed E-state index contributed by atoms with van der Waals surface area (Å²) in [5.74, 6) is 0.595. The van der Waals surface area contributed by atoms with Crippen LogP contribution in [0.5, 0.6) is 5.75 Å². The number of methoxy groups -OCH3 is 1. The molecule has 0 saturated heterocycles. The normalized spacial score (nSPS) is 22.7. The molecule has 4 rings (SSSR count). The number of nitro groups is 1. The molecule has 1 aliphatic rings. The molecule has 1 aromatic heterocycles. The maximum absolute atomic E-state index is 11.4. The second-order valence-electron chi connectivity index (χ2n) is 7.25. The number of hydrogen-bond acceptors (Lipinski definition) is 8. The SMILES string of the molecule is COC[C@@]1(C)Oc2ccc([N+](=O)[O-])cc2[C@H](n2c(NC#N)nc3ccccc32)[C@H]1O. The lowest BCUT2D eigenvalue weighted by Crippen LogP contribution is -2.55. The first kappa shape index (κ1) is 19.6. The fraction of sp³-hybridized carbons (Fsp3) is 0.300. The summed E-state index contributed by atoms with van der Waals surface area (Å²) in [5.41, 5.74) is 0.393. The van der Waals surface area contributed by atoms with Crippen LogP contribution in [0.3, 0.4) is 0 Å². The largest absolute Gasteiger partial charge is 0.482 e. The molecule has 0 saturated carbocycles. The average Bonchev–Trinajstić information content (AvgIpc) is 3.07. The lowest BCUT2D eigenvalue weighted by Gasteiger charge is -2.44. The van der Waals surface area contributed by atoms with E-state index in [1.807, 2.05) is 18.3 Å². The van der Waals surface area contributed by atoms with Crippen molar-refractivity contribution in [1.82, 2.24) is 9.55 Å². The van der Waals surface area contributed by atoms with E-state index < -0.39 is 22.7 Å². The van der Waals surface area contributed by atoms with Crippen molar-refractivity contribution in [3.05, 3.63) is 58.1 Å². The average molecular weight is 409 g/mol. The molecule has 2 aromatic carbocycles.